The fourth-order valence-corrected chi connectivity index (χ4v) is 3.84. The van der Waals surface area contributed by atoms with Crippen molar-refractivity contribution in [1.82, 2.24) is 19.9 Å². The SMILES string of the molecule is Cc1csc(C2CN(Cc3nc4ccccc4nc3C)CCO2)n1. The van der Waals surface area contributed by atoms with Gasteiger partial charge in [0.1, 0.15) is 11.1 Å². The van der Waals surface area contributed by atoms with Crippen LogP contribution in [0.3, 0.4) is 0 Å². The molecule has 0 radical (unpaired) electrons. The molecule has 2 aromatic heterocycles. The molecule has 24 heavy (non-hydrogen) atoms. The number of para-hydroxylation sites is 2. The number of hydrogen-bond acceptors (Lipinski definition) is 6. The van der Waals surface area contributed by atoms with Gasteiger partial charge in [0.25, 0.3) is 0 Å². The van der Waals surface area contributed by atoms with Crippen molar-refractivity contribution in [1.29, 1.82) is 0 Å². The minimum absolute atomic E-state index is 0.0613. The number of rotatable bonds is 3. The highest BCUT2D eigenvalue weighted by molar-refractivity contribution is 7.09. The van der Waals surface area contributed by atoms with E-state index in [2.05, 4.69) is 15.3 Å². The molecular formula is C18H20N4OS. The first-order valence-electron chi connectivity index (χ1n) is 8.17. The number of hydrogen-bond donors (Lipinski definition) is 0. The van der Waals surface area contributed by atoms with Crippen LogP contribution in [0.1, 0.15) is 28.2 Å². The zero-order valence-corrected chi connectivity index (χ0v) is 14.7. The molecule has 124 valence electrons. The van der Waals surface area contributed by atoms with Gasteiger partial charge in [-0.25, -0.2) is 15.0 Å². The molecular weight excluding hydrogens is 320 g/mol. The van der Waals surface area contributed by atoms with E-state index in [4.69, 9.17) is 14.7 Å². The van der Waals surface area contributed by atoms with Crippen LogP contribution in [0.15, 0.2) is 29.6 Å². The zero-order valence-electron chi connectivity index (χ0n) is 13.9. The second kappa shape index (κ2) is 6.55. The molecule has 1 aromatic carbocycles. The summed E-state index contributed by atoms with van der Waals surface area (Å²) in [5.74, 6) is 0. The number of thiazole rings is 1. The van der Waals surface area contributed by atoms with E-state index in [9.17, 15) is 0 Å². The fourth-order valence-electron chi connectivity index (χ4n) is 3.00. The third-order valence-electron chi connectivity index (χ3n) is 4.28. The maximum absolute atomic E-state index is 5.92. The van der Waals surface area contributed by atoms with Crippen LogP contribution < -0.4 is 0 Å². The number of fused-ring (bicyclic) bond motifs is 1. The van der Waals surface area contributed by atoms with Crippen molar-refractivity contribution < 1.29 is 4.74 Å². The fraction of sp³-hybridized carbons (Fsp3) is 0.389. The Bertz CT molecular complexity index is 863. The Morgan fingerprint density at radius 2 is 1.96 bits per heavy atom. The third-order valence-corrected chi connectivity index (χ3v) is 5.33. The van der Waals surface area contributed by atoms with Crippen molar-refractivity contribution in [2.24, 2.45) is 0 Å². The molecule has 3 heterocycles. The van der Waals surface area contributed by atoms with Crippen LogP contribution in [0.5, 0.6) is 0 Å². The summed E-state index contributed by atoms with van der Waals surface area (Å²) in [6.07, 6.45) is 0.0613. The second-order valence-electron chi connectivity index (χ2n) is 6.17. The molecule has 5 nitrogen and oxygen atoms in total. The van der Waals surface area contributed by atoms with Crippen LogP contribution in [-0.2, 0) is 11.3 Å². The van der Waals surface area contributed by atoms with Crippen molar-refractivity contribution in [2.45, 2.75) is 26.5 Å². The van der Waals surface area contributed by atoms with Gasteiger partial charge in [0.2, 0.25) is 0 Å². The summed E-state index contributed by atoms with van der Waals surface area (Å²) < 4.78 is 5.92. The minimum atomic E-state index is 0.0613. The molecule has 0 amide bonds. The van der Waals surface area contributed by atoms with E-state index < -0.39 is 0 Å². The maximum atomic E-state index is 5.92. The van der Waals surface area contributed by atoms with E-state index in [1.165, 1.54) is 0 Å². The second-order valence-corrected chi connectivity index (χ2v) is 7.06. The molecule has 0 saturated carbocycles. The van der Waals surface area contributed by atoms with Gasteiger partial charge < -0.3 is 4.74 Å². The maximum Gasteiger partial charge on any atom is 0.123 e. The Kier molecular flexibility index (Phi) is 4.26. The van der Waals surface area contributed by atoms with Crippen LogP contribution >= 0.6 is 11.3 Å². The number of aryl methyl sites for hydroxylation is 2. The lowest BCUT2D eigenvalue weighted by Gasteiger charge is -2.31. The Morgan fingerprint density at radius 3 is 2.71 bits per heavy atom. The first kappa shape index (κ1) is 15.6. The van der Waals surface area contributed by atoms with Crippen LogP contribution in [-0.4, -0.2) is 39.5 Å². The normalized spacial score (nSPS) is 19.0. The van der Waals surface area contributed by atoms with Crippen LogP contribution in [0, 0.1) is 13.8 Å². The van der Waals surface area contributed by atoms with Crippen LogP contribution in [0.2, 0.25) is 0 Å². The third kappa shape index (κ3) is 3.17. The number of nitrogens with zero attached hydrogens (tertiary/aromatic N) is 4. The van der Waals surface area contributed by atoms with Gasteiger partial charge >= 0.3 is 0 Å². The highest BCUT2D eigenvalue weighted by Crippen LogP contribution is 2.26. The van der Waals surface area contributed by atoms with E-state index in [1.807, 2.05) is 38.1 Å². The average molecular weight is 340 g/mol. The smallest absolute Gasteiger partial charge is 0.123 e. The Balaban J connectivity index is 1.53. The van der Waals surface area contributed by atoms with Gasteiger partial charge in [0.05, 0.1) is 29.0 Å². The quantitative estimate of drug-likeness (QED) is 0.732. The van der Waals surface area contributed by atoms with E-state index in [1.54, 1.807) is 11.3 Å². The van der Waals surface area contributed by atoms with Crippen LogP contribution in [0.4, 0.5) is 0 Å². The zero-order chi connectivity index (χ0) is 16.5. The molecule has 0 N–H and O–H groups in total. The van der Waals surface area contributed by atoms with Crippen molar-refractivity contribution in [2.75, 3.05) is 19.7 Å². The van der Waals surface area contributed by atoms with Crippen molar-refractivity contribution >= 4 is 22.4 Å². The van der Waals surface area contributed by atoms with E-state index in [0.717, 1.165) is 59.4 Å². The Labute approximate surface area is 145 Å². The van der Waals surface area contributed by atoms with Crippen molar-refractivity contribution in [3.05, 3.63) is 51.7 Å². The van der Waals surface area contributed by atoms with E-state index >= 15 is 0 Å². The summed E-state index contributed by atoms with van der Waals surface area (Å²) in [5.41, 5.74) is 5.02. The molecule has 1 saturated heterocycles. The lowest BCUT2D eigenvalue weighted by Crippen LogP contribution is -2.38. The molecule has 1 aliphatic rings. The largest absolute Gasteiger partial charge is 0.368 e. The molecule has 0 spiro atoms. The van der Waals surface area contributed by atoms with E-state index in [-0.39, 0.29) is 6.10 Å². The Morgan fingerprint density at radius 1 is 1.17 bits per heavy atom. The molecule has 1 aliphatic heterocycles. The number of aromatic nitrogens is 3. The summed E-state index contributed by atoms with van der Waals surface area (Å²) in [5, 5.41) is 3.15. The van der Waals surface area contributed by atoms with Gasteiger partial charge in [-0.15, -0.1) is 11.3 Å². The van der Waals surface area contributed by atoms with Gasteiger partial charge in [-0.2, -0.15) is 0 Å². The molecule has 0 aliphatic carbocycles. The number of morpholine rings is 1. The molecule has 1 atom stereocenters. The number of benzene rings is 1. The average Bonchev–Trinajstić information content (AvgIpc) is 3.02. The van der Waals surface area contributed by atoms with Gasteiger partial charge in [0.15, 0.2) is 0 Å². The lowest BCUT2D eigenvalue weighted by molar-refractivity contribution is -0.0334. The highest BCUT2D eigenvalue weighted by Gasteiger charge is 2.25. The highest BCUT2D eigenvalue weighted by atomic mass is 32.1. The molecule has 0 bridgehead atoms. The van der Waals surface area contributed by atoms with Gasteiger partial charge in [-0.3, -0.25) is 4.90 Å². The lowest BCUT2D eigenvalue weighted by atomic mass is 10.2. The monoisotopic (exact) mass is 340 g/mol. The standard InChI is InChI=1S/C18H20N4OS/c1-12-11-24-18(19-12)17-10-22(7-8-23-17)9-16-13(2)20-14-5-3-4-6-15(14)21-16/h3-6,11,17H,7-10H2,1-2H3. The summed E-state index contributed by atoms with van der Waals surface area (Å²) >= 11 is 1.68. The molecule has 1 fully saturated rings. The van der Waals surface area contributed by atoms with Crippen LogP contribution in [0.25, 0.3) is 11.0 Å². The predicted molar refractivity (Wildman–Crippen MR) is 95.1 cm³/mol. The minimum Gasteiger partial charge on any atom is -0.368 e. The van der Waals surface area contributed by atoms with Crippen molar-refractivity contribution in [3.8, 4) is 0 Å². The summed E-state index contributed by atoms with van der Waals surface area (Å²) in [7, 11) is 0. The molecule has 6 heteroatoms. The molecule has 3 aromatic rings. The predicted octanol–water partition coefficient (Wildman–Crippen LogP) is 3.28. The topological polar surface area (TPSA) is 51.1 Å². The van der Waals surface area contributed by atoms with E-state index in [0.29, 0.717) is 0 Å². The first-order valence-corrected chi connectivity index (χ1v) is 9.05. The molecule has 4 rings (SSSR count). The summed E-state index contributed by atoms with van der Waals surface area (Å²) in [4.78, 5) is 16.5. The first-order chi connectivity index (χ1) is 11.7. The Hall–Kier alpha value is -1.89. The van der Waals surface area contributed by atoms with Gasteiger partial charge in [-0.1, -0.05) is 12.1 Å². The van der Waals surface area contributed by atoms with Gasteiger partial charge in [-0.05, 0) is 26.0 Å². The summed E-state index contributed by atoms with van der Waals surface area (Å²) in [6, 6.07) is 8.03. The molecule has 1 unspecified atom stereocenters. The van der Waals surface area contributed by atoms with Gasteiger partial charge in [0, 0.05) is 30.7 Å². The summed E-state index contributed by atoms with van der Waals surface area (Å²) in [6.45, 7) is 7.35. The van der Waals surface area contributed by atoms with Crippen molar-refractivity contribution in [3.63, 3.8) is 0 Å². The number of ether oxygens (including phenoxy) is 1.